The summed E-state index contributed by atoms with van der Waals surface area (Å²) in [5.41, 5.74) is -2.24. The number of methoxy groups -OCH3 is 1. The average molecular weight is 551 g/mol. The fourth-order valence-electron chi connectivity index (χ4n) is 6.07. The minimum atomic E-state index is -6.46. The van der Waals surface area contributed by atoms with Gasteiger partial charge in [0.05, 0.1) is 12.5 Å². The largest absolute Gasteiger partial charge is 0.497 e. The number of nitriles is 1. The van der Waals surface area contributed by atoms with Crippen LogP contribution in [0.15, 0.2) is 29.4 Å². The Kier molecular flexibility index (Phi) is 6.89. The standard InChI is InChI=1S/C23H23F5N2O6S/c1-34-17-4-2-16(3-5-17)18(12-29)30-36-37(32,33)23(27,28)19(22(24,25)26)35-20(31)21-9-13-6-14(10-21)8-15(7-13)11-21/h2-5,13-15,19H,6-11H2,1H3/b30-18-. The first-order chi connectivity index (χ1) is 17.2. The first kappa shape index (κ1) is 27.1. The fourth-order valence-corrected chi connectivity index (χ4v) is 6.79. The second-order valence-electron chi connectivity index (χ2n) is 9.90. The lowest BCUT2D eigenvalue weighted by Crippen LogP contribution is -2.56. The first-order valence-electron chi connectivity index (χ1n) is 11.4. The number of alkyl halides is 5. The summed E-state index contributed by atoms with van der Waals surface area (Å²) in [7, 11) is -5.12. The zero-order valence-electron chi connectivity index (χ0n) is 19.5. The lowest BCUT2D eigenvalue weighted by Gasteiger charge is -2.55. The van der Waals surface area contributed by atoms with Crippen LogP contribution in [0.2, 0.25) is 0 Å². The molecular weight excluding hydrogens is 527 g/mol. The van der Waals surface area contributed by atoms with E-state index >= 15 is 0 Å². The second-order valence-corrected chi connectivity index (χ2v) is 11.5. The number of hydrogen-bond donors (Lipinski definition) is 0. The number of rotatable bonds is 8. The van der Waals surface area contributed by atoms with Gasteiger partial charge in [-0.2, -0.15) is 35.6 Å². The van der Waals surface area contributed by atoms with E-state index in [1.807, 2.05) is 0 Å². The fraction of sp³-hybridized carbons (Fsp3) is 0.609. The van der Waals surface area contributed by atoms with Gasteiger partial charge in [0, 0.05) is 5.56 Å². The Morgan fingerprint density at radius 1 is 1.05 bits per heavy atom. The van der Waals surface area contributed by atoms with Crippen molar-refractivity contribution in [2.75, 3.05) is 7.11 Å². The number of ether oxygens (including phenoxy) is 2. The minimum Gasteiger partial charge on any atom is -0.497 e. The van der Waals surface area contributed by atoms with Crippen LogP contribution >= 0.6 is 0 Å². The molecule has 0 aliphatic heterocycles. The molecule has 1 unspecified atom stereocenters. The number of carbonyl (C=O) groups is 1. The summed E-state index contributed by atoms with van der Waals surface area (Å²) in [5, 5.41) is 6.28. The molecule has 8 nitrogen and oxygen atoms in total. The summed E-state index contributed by atoms with van der Waals surface area (Å²) < 4.78 is 108. The molecule has 0 amide bonds. The third-order valence-corrected chi connectivity index (χ3v) is 8.48. The molecule has 4 saturated carbocycles. The molecule has 37 heavy (non-hydrogen) atoms. The van der Waals surface area contributed by atoms with E-state index < -0.39 is 44.7 Å². The van der Waals surface area contributed by atoms with Crippen LogP contribution in [0.5, 0.6) is 5.75 Å². The van der Waals surface area contributed by atoms with Crippen molar-refractivity contribution in [1.29, 1.82) is 5.26 Å². The normalized spacial score (nSPS) is 28.4. The van der Waals surface area contributed by atoms with Gasteiger partial charge in [-0.3, -0.25) is 9.08 Å². The lowest BCUT2D eigenvalue weighted by molar-refractivity contribution is -0.266. The van der Waals surface area contributed by atoms with Gasteiger partial charge >= 0.3 is 27.5 Å². The number of hydrogen-bond acceptors (Lipinski definition) is 8. The smallest absolute Gasteiger partial charge is 0.432 e. The van der Waals surface area contributed by atoms with Crippen molar-refractivity contribution in [1.82, 2.24) is 0 Å². The second kappa shape index (κ2) is 9.41. The molecule has 4 aliphatic rings. The molecule has 4 aliphatic carbocycles. The van der Waals surface area contributed by atoms with Gasteiger partial charge in [-0.15, -0.1) is 0 Å². The number of nitrogens with zero attached hydrogens (tertiary/aromatic N) is 2. The summed E-state index contributed by atoms with van der Waals surface area (Å²) in [6.07, 6.45) is -7.16. The number of oxime groups is 1. The van der Waals surface area contributed by atoms with Gasteiger partial charge in [-0.05, 0) is 80.5 Å². The van der Waals surface area contributed by atoms with Crippen LogP contribution in [0.3, 0.4) is 0 Å². The average Bonchev–Trinajstić information content (AvgIpc) is 2.81. The highest BCUT2D eigenvalue weighted by molar-refractivity contribution is 7.87. The van der Waals surface area contributed by atoms with Gasteiger partial charge in [0.2, 0.25) is 0 Å². The molecule has 0 heterocycles. The summed E-state index contributed by atoms with van der Waals surface area (Å²) in [5.74, 6) is -0.870. The van der Waals surface area contributed by atoms with Crippen molar-refractivity contribution in [3.63, 3.8) is 0 Å². The van der Waals surface area contributed by atoms with Gasteiger partial charge in [0.1, 0.15) is 11.8 Å². The van der Waals surface area contributed by atoms with Crippen molar-refractivity contribution in [3.05, 3.63) is 29.8 Å². The molecule has 0 radical (unpaired) electrons. The molecule has 14 heteroatoms. The van der Waals surface area contributed by atoms with Crippen molar-refractivity contribution in [3.8, 4) is 11.8 Å². The Morgan fingerprint density at radius 3 is 2.00 bits per heavy atom. The topological polar surface area (TPSA) is 115 Å². The van der Waals surface area contributed by atoms with Gasteiger partial charge in [0.15, 0.2) is 5.71 Å². The zero-order chi connectivity index (χ0) is 27.2. The van der Waals surface area contributed by atoms with Crippen molar-refractivity contribution in [2.24, 2.45) is 28.3 Å². The van der Waals surface area contributed by atoms with Crippen LogP contribution in [0.25, 0.3) is 0 Å². The molecule has 0 saturated heterocycles. The summed E-state index contributed by atoms with van der Waals surface area (Å²) in [4.78, 5) is 12.9. The predicted octanol–water partition coefficient (Wildman–Crippen LogP) is 4.55. The van der Waals surface area contributed by atoms with E-state index in [-0.39, 0.29) is 42.6 Å². The number of carbonyl (C=O) groups excluding carboxylic acids is 1. The minimum absolute atomic E-state index is 0.0811. The highest BCUT2D eigenvalue weighted by Gasteiger charge is 2.69. The van der Waals surface area contributed by atoms with Gasteiger partial charge in [0.25, 0.3) is 6.10 Å². The Morgan fingerprint density at radius 2 is 1.57 bits per heavy atom. The molecule has 0 N–H and O–H groups in total. The monoisotopic (exact) mass is 550 g/mol. The van der Waals surface area contributed by atoms with Crippen LogP contribution in [0.4, 0.5) is 22.0 Å². The van der Waals surface area contributed by atoms with Crippen molar-refractivity contribution >= 4 is 21.8 Å². The molecular formula is C23H23F5N2O6S. The van der Waals surface area contributed by atoms with E-state index in [0.29, 0.717) is 5.75 Å². The maximum absolute atomic E-state index is 14.9. The Balaban J connectivity index is 1.57. The summed E-state index contributed by atoms with van der Waals surface area (Å²) >= 11 is 0. The third kappa shape index (κ3) is 5.10. The molecule has 0 spiro atoms. The van der Waals surface area contributed by atoms with Gasteiger partial charge in [-0.25, -0.2) is 0 Å². The predicted molar refractivity (Wildman–Crippen MR) is 117 cm³/mol. The van der Waals surface area contributed by atoms with Crippen LogP contribution in [0.1, 0.15) is 44.1 Å². The van der Waals surface area contributed by atoms with E-state index in [1.165, 1.54) is 37.4 Å². The molecule has 4 fully saturated rings. The van der Waals surface area contributed by atoms with E-state index in [1.54, 1.807) is 0 Å². The lowest BCUT2D eigenvalue weighted by atomic mass is 9.49. The molecule has 202 valence electrons. The van der Waals surface area contributed by atoms with Crippen LogP contribution in [-0.2, 0) is 23.9 Å². The zero-order valence-corrected chi connectivity index (χ0v) is 20.3. The van der Waals surface area contributed by atoms with Crippen molar-refractivity contribution in [2.45, 2.75) is 56.1 Å². The van der Waals surface area contributed by atoms with Gasteiger partial charge in [-0.1, -0.05) is 5.16 Å². The van der Waals surface area contributed by atoms with Crippen LogP contribution in [0, 0.1) is 34.5 Å². The summed E-state index contributed by atoms with van der Waals surface area (Å²) in [6.45, 7) is 0. The van der Waals surface area contributed by atoms with E-state index in [4.69, 9.17) is 4.74 Å². The maximum atomic E-state index is 14.9. The SMILES string of the molecule is COc1ccc(/C(C#N)=N\OS(=O)(=O)C(F)(F)C(OC(=O)C23CC4CC(CC(C4)C2)C3)C(F)(F)F)cc1. The van der Waals surface area contributed by atoms with Gasteiger partial charge < -0.3 is 9.47 Å². The molecule has 1 aromatic rings. The van der Waals surface area contributed by atoms with Crippen LogP contribution < -0.4 is 4.74 Å². The first-order valence-corrected chi connectivity index (χ1v) is 12.8. The number of halogens is 5. The summed E-state index contributed by atoms with van der Waals surface area (Å²) in [6, 6.07) is 6.54. The van der Waals surface area contributed by atoms with E-state index in [9.17, 15) is 40.4 Å². The van der Waals surface area contributed by atoms with Crippen molar-refractivity contribution < 1.29 is 48.9 Å². The Hall–Kier alpha value is -2.95. The van der Waals surface area contributed by atoms with E-state index in [0.717, 1.165) is 19.3 Å². The maximum Gasteiger partial charge on any atom is 0.432 e. The Labute approximate surface area is 209 Å². The van der Waals surface area contributed by atoms with E-state index in [2.05, 4.69) is 14.2 Å². The molecule has 1 atom stereocenters. The third-order valence-electron chi connectivity index (χ3n) is 7.33. The molecule has 0 aromatic heterocycles. The van der Waals surface area contributed by atoms with Crippen LogP contribution in [-0.4, -0.2) is 44.7 Å². The number of esters is 1. The number of benzene rings is 1. The quantitative estimate of drug-likeness (QED) is 0.202. The highest BCUT2D eigenvalue weighted by atomic mass is 32.2. The molecule has 1 aromatic carbocycles. The Bertz CT molecular complexity index is 1190. The highest BCUT2D eigenvalue weighted by Crippen LogP contribution is 2.60. The molecule has 4 bridgehead atoms. The molecule has 5 rings (SSSR count).